The summed E-state index contributed by atoms with van der Waals surface area (Å²) in [5.41, 5.74) is 0. The minimum Gasteiger partial charge on any atom is -0.759 e. The molecule has 0 fully saturated rings. The summed E-state index contributed by atoms with van der Waals surface area (Å²) >= 11 is 0. The Balaban J connectivity index is -0.0000000800. The summed E-state index contributed by atoms with van der Waals surface area (Å²) in [6, 6.07) is 0. The molecule has 0 aromatic rings. The van der Waals surface area contributed by atoms with Crippen molar-refractivity contribution in [2.45, 2.75) is 0 Å². The van der Waals surface area contributed by atoms with E-state index in [2.05, 4.69) is 0 Å². The quantitative estimate of drug-likeness (QED) is 0.226. The Bertz CT molecular complexity index is 94.9. The second-order valence-electron chi connectivity index (χ2n) is 0.408. The van der Waals surface area contributed by atoms with Crippen LogP contribution in [-0.2, 0) is 10.4 Å². The third kappa shape index (κ3) is 196. The topological polar surface area (TPSA) is 80.3 Å². The number of hydrogen-bond acceptors (Lipinski definition) is 4. The van der Waals surface area contributed by atoms with Crippen molar-refractivity contribution in [3.63, 3.8) is 0 Å². The van der Waals surface area contributed by atoms with Gasteiger partial charge in [0.1, 0.15) is 0 Å². The minimum absolute atomic E-state index is 0. The first-order valence-corrected chi connectivity index (χ1v) is 2.00. The maximum Gasteiger partial charge on any atom is 2.00 e. The molecule has 0 unspecified atom stereocenters. The zero-order chi connectivity index (χ0) is 4.50. The second-order valence-corrected chi connectivity index (χ2v) is 1.22. The molecule has 0 saturated carbocycles. The van der Waals surface area contributed by atoms with Crippen molar-refractivity contribution in [1.29, 1.82) is 0 Å². The summed E-state index contributed by atoms with van der Waals surface area (Å²) in [7, 11) is -5.17. The van der Waals surface area contributed by atoms with Crippen molar-refractivity contribution >= 4 is 33.5 Å². The first-order valence-electron chi connectivity index (χ1n) is 0.667. The van der Waals surface area contributed by atoms with Gasteiger partial charge in [0, 0.05) is 10.4 Å². The number of hydrogen-bond donors (Lipinski definition) is 0. The number of rotatable bonds is 0. The molecule has 0 aliphatic heterocycles. The predicted molar refractivity (Wildman–Crippen MR) is 19.0 cm³/mol. The largest absolute Gasteiger partial charge is 2.00 e. The fourth-order valence-electron chi connectivity index (χ4n) is 0. The Morgan fingerprint density at radius 3 is 1.14 bits per heavy atom. The maximum absolute atomic E-state index is 8.52. The Labute approximate surface area is 63.4 Å². The maximum atomic E-state index is 8.52. The molecule has 0 saturated heterocycles. The van der Waals surface area contributed by atoms with E-state index < -0.39 is 10.4 Å². The monoisotopic (exact) mass is 157 g/mol. The van der Waals surface area contributed by atoms with Crippen LogP contribution >= 0.6 is 0 Å². The van der Waals surface area contributed by atoms with E-state index in [9.17, 15) is 0 Å². The van der Waals surface area contributed by atoms with Crippen LogP contribution < -0.4 is 0 Å². The van der Waals surface area contributed by atoms with E-state index in [1.54, 1.807) is 0 Å². The van der Waals surface area contributed by atoms with Crippen LogP contribution in [-0.4, -0.2) is 40.6 Å². The Hall–Kier alpha value is 0.926. The van der Waals surface area contributed by atoms with E-state index in [0.717, 1.165) is 0 Å². The molecule has 4 nitrogen and oxygen atoms in total. The van der Waals surface area contributed by atoms with Crippen molar-refractivity contribution < 1.29 is 29.9 Å². The molecule has 0 atom stereocenters. The van der Waals surface area contributed by atoms with Gasteiger partial charge in [-0.05, 0) is 0 Å². The van der Waals surface area contributed by atoms with Crippen LogP contribution in [0.25, 0.3) is 0 Å². The molecule has 0 amide bonds. The summed E-state index contributed by atoms with van der Waals surface area (Å²) < 4.78 is 34.1. The van der Waals surface area contributed by atoms with Crippen LogP contribution in [0, 0.1) is 12.4 Å². The van der Waals surface area contributed by atoms with E-state index in [-0.39, 0.29) is 35.5 Å². The van der Waals surface area contributed by atoms with Gasteiger partial charge in [-0.1, -0.05) is 0 Å². The van der Waals surface area contributed by atoms with E-state index in [1.807, 2.05) is 0 Å². The molecule has 0 heterocycles. The van der Waals surface area contributed by atoms with Gasteiger partial charge in [0.05, 0.1) is 12.4 Å². The van der Waals surface area contributed by atoms with Gasteiger partial charge in [0.2, 0.25) is 0 Å². The van der Waals surface area contributed by atoms with E-state index in [0.29, 0.717) is 0 Å². The molecule has 7 heteroatoms. The summed E-state index contributed by atoms with van der Waals surface area (Å²) in [5, 5.41) is 0. The van der Waals surface area contributed by atoms with Gasteiger partial charge < -0.3 is 9.11 Å². The molecule has 0 spiro atoms. The van der Waals surface area contributed by atoms with Gasteiger partial charge in [0.15, 0.2) is 0 Å². The zero-order valence-corrected chi connectivity index (χ0v) is 6.32. The molecule has 40 valence electrons. The van der Waals surface area contributed by atoms with Crippen molar-refractivity contribution in [3.05, 3.63) is 0 Å². The van der Waals surface area contributed by atoms with Crippen molar-refractivity contribution in [1.82, 2.24) is 0 Å². The van der Waals surface area contributed by atoms with Crippen molar-refractivity contribution in [2.24, 2.45) is 0 Å². The molecular weight excluding hydrogens is 156 g/mol. The van der Waals surface area contributed by atoms with E-state index >= 15 is 0 Å². The molecule has 0 N–H and O–H groups in total. The average molecular weight is 158 g/mol. The second kappa shape index (κ2) is 5.07. The Kier molecular flexibility index (Phi) is 11.3. The first-order chi connectivity index (χ1) is 2.00. The summed E-state index contributed by atoms with van der Waals surface area (Å²) in [6.07, 6.45) is 0. The number of halogens is 1. The van der Waals surface area contributed by atoms with Gasteiger partial charge in [-0.25, -0.2) is 0 Å². The molecule has 0 rings (SSSR count). The van der Waals surface area contributed by atoms with Crippen LogP contribution in [0.5, 0.6) is 0 Å². The Morgan fingerprint density at radius 1 is 1.14 bits per heavy atom. The van der Waals surface area contributed by atoms with Gasteiger partial charge in [-0.2, -0.15) is 0 Å². The molecule has 0 aromatic heterocycles. The van der Waals surface area contributed by atoms with Crippen molar-refractivity contribution in [3.8, 4) is 0 Å². The normalized spacial score (nSPS) is 8.29. The van der Waals surface area contributed by atoms with Gasteiger partial charge in [-0.3, -0.25) is 8.42 Å². The van der Waals surface area contributed by atoms with Gasteiger partial charge in [-0.15, -0.1) is 0 Å². The fourth-order valence-corrected chi connectivity index (χ4v) is 0. The van der Waals surface area contributed by atoms with Gasteiger partial charge >= 0.3 is 23.1 Å². The summed E-state index contributed by atoms with van der Waals surface area (Å²) in [5.74, 6) is 0. The SMILES string of the molecule is O=S(=O)([O-])[O-].[ClH2+].[Mg+2]. The smallest absolute Gasteiger partial charge is 0.759 e. The third-order valence-electron chi connectivity index (χ3n) is 0. The molecule has 0 aromatic carbocycles. The van der Waals surface area contributed by atoms with E-state index in [1.165, 1.54) is 0 Å². The van der Waals surface area contributed by atoms with Crippen LogP contribution in [0.4, 0.5) is 0 Å². The molecule has 0 radical (unpaired) electrons. The molecule has 7 heavy (non-hydrogen) atoms. The molecule has 0 aliphatic carbocycles. The van der Waals surface area contributed by atoms with Gasteiger partial charge in [0.25, 0.3) is 0 Å². The average Bonchev–Trinajstić information content (AvgIpc) is 0.722. The standard InChI is InChI=1S/ClH2.Mg.H2O4S/c;;1-5(2,3)4/h1H2;;(H2,1,2,3,4)/q+1;+2;/p-2. The molecule has 0 bridgehead atoms. The zero-order valence-electron chi connectivity index (χ0n) is 3.20. The van der Waals surface area contributed by atoms with Crippen molar-refractivity contribution in [2.75, 3.05) is 0 Å². The van der Waals surface area contributed by atoms with Crippen LogP contribution in [0.2, 0.25) is 0 Å². The molecular formula is H2ClMgO4S+. The van der Waals surface area contributed by atoms with E-state index in [4.69, 9.17) is 17.5 Å². The minimum atomic E-state index is -5.17. The first kappa shape index (κ1) is 15.7. The third-order valence-corrected chi connectivity index (χ3v) is 0. The van der Waals surface area contributed by atoms with Crippen LogP contribution in [0.1, 0.15) is 0 Å². The predicted octanol–water partition coefficient (Wildman–Crippen LogP) is -2.25. The van der Waals surface area contributed by atoms with Crippen LogP contribution in [0.15, 0.2) is 0 Å². The fraction of sp³-hybridized carbons (Fsp3) is 0. The Morgan fingerprint density at radius 2 is 1.14 bits per heavy atom. The summed E-state index contributed by atoms with van der Waals surface area (Å²) in [4.78, 5) is 0. The summed E-state index contributed by atoms with van der Waals surface area (Å²) in [6.45, 7) is 0. The molecule has 0 aliphatic rings. The van der Waals surface area contributed by atoms with Crippen LogP contribution in [0.3, 0.4) is 0 Å².